The van der Waals surface area contributed by atoms with Gasteiger partial charge in [0.15, 0.2) is 0 Å². The number of aromatic nitrogens is 2. The molecule has 23 heavy (non-hydrogen) atoms. The predicted molar refractivity (Wildman–Crippen MR) is 93.0 cm³/mol. The van der Waals surface area contributed by atoms with Crippen molar-refractivity contribution < 1.29 is 4.74 Å². The maximum atomic E-state index is 5.38. The van der Waals surface area contributed by atoms with Gasteiger partial charge in [0, 0.05) is 24.2 Å². The number of anilines is 2. The summed E-state index contributed by atoms with van der Waals surface area (Å²) in [6, 6.07) is 10.5. The molecule has 1 aliphatic rings. The third-order valence-corrected chi connectivity index (χ3v) is 4.20. The standard InChI is InChI=1S/C18H24N4O/c1-13-20-17(11-18(21-13)22-15-8-4-5-9-15)19-12-14-7-3-6-10-16(14)23-2/h3,6-7,10-11,15H,4-5,8-9,12H2,1-2H3,(H2,19,20,21,22). The maximum Gasteiger partial charge on any atom is 0.132 e. The van der Waals surface area contributed by atoms with Crippen LogP contribution in [0.3, 0.4) is 0 Å². The molecular weight excluding hydrogens is 288 g/mol. The molecular formula is C18H24N4O. The molecule has 1 aromatic carbocycles. The number of nitrogens with one attached hydrogen (secondary N) is 2. The van der Waals surface area contributed by atoms with Gasteiger partial charge in [-0.15, -0.1) is 0 Å². The summed E-state index contributed by atoms with van der Waals surface area (Å²) in [6.45, 7) is 2.59. The first-order chi connectivity index (χ1) is 11.2. The van der Waals surface area contributed by atoms with E-state index in [1.165, 1.54) is 25.7 Å². The summed E-state index contributed by atoms with van der Waals surface area (Å²) in [5.74, 6) is 3.40. The minimum atomic E-state index is 0.548. The Balaban J connectivity index is 1.68. The van der Waals surface area contributed by atoms with Crippen LogP contribution in [0.2, 0.25) is 0 Å². The lowest BCUT2D eigenvalue weighted by Crippen LogP contribution is -2.16. The Hall–Kier alpha value is -2.30. The molecule has 0 atom stereocenters. The average molecular weight is 312 g/mol. The molecule has 5 nitrogen and oxygen atoms in total. The second-order valence-electron chi connectivity index (χ2n) is 5.98. The molecule has 1 aliphatic carbocycles. The number of para-hydroxylation sites is 1. The van der Waals surface area contributed by atoms with Gasteiger partial charge in [-0.25, -0.2) is 9.97 Å². The minimum Gasteiger partial charge on any atom is -0.496 e. The van der Waals surface area contributed by atoms with Crippen molar-refractivity contribution in [2.75, 3.05) is 17.7 Å². The van der Waals surface area contributed by atoms with Gasteiger partial charge in [0.2, 0.25) is 0 Å². The van der Waals surface area contributed by atoms with Crippen molar-refractivity contribution in [3.8, 4) is 5.75 Å². The fourth-order valence-electron chi connectivity index (χ4n) is 3.05. The Labute approximate surface area is 137 Å². The minimum absolute atomic E-state index is 0.548. The lowest BCUT2D eigenvalue weighted by Gasteiger charge is -2.15. The van der Waals surface area contributed by atoms with E-state index in [1.54, 1.807) is 7.11 Å². The van der Waals surface area contributed by atoms with E-state index in [2.05, 4.69) is 26.7 Å². The highest BCUT2D eigenvalue weighted by Gasteiger charge is 2.15. The topological polar surface area (TPSA) is 59.1 Å². The fourth-order valence-corrected chi connectivity index (χ4v) is 3.05. The molecule has 2 aromatic rings. The summed E-state index contributed by atoms with van der Waals surface area (Å²) < 4.78 is 5.38. The zero-order valence-electron chi connectivity index (χ0n) is 13.8. The van der Waals surface area contributed by atoms with Gasteiger partial charge in [-0.2, -0.15) is 0 Å². The molecule has 0 radical (unpaired) electrons. The van der Waals surface area contributed by atoms with Crippen molar-refractivity contribution in [2.24, 2.45) is 0 Å². The highest BCUT2D eigenvalue weighted by Crippen LogP contribution is 2.23. The predicted octanol–water partition coefficient (Wildman–Crippen LogP) is 3.76. The zero-order valence-corrected chi connectivity index (χ0v) is 13.8. The molecule has 1 saturated carbocycles. The van der Waals surface area contributed by atoms with Crippen LogP contribution in [0.25, 0.3) is 0 Å². The van der Waals surface area contributed by atoms with Crippen molar-refractivity contribution in [2.45, 2.75) is 45.2 Å². The number of nitrogens with zero attached hydrogens (tertiary/aromatic N) is 2. The molecule has 1 heterocycles. The van der Waals surface area contributed by atoms with Gasteiger partial charge in [-0.05, 0) is 25.8 Å². The highest BCUT2D eigenvalue weighted by molar-refractivity contribution is 5.49. The number of benzene rings is 1. The molecule has 2 N–H and O–H groups in total. The molecule has 3 rings (SSSR count). The number of hydrogen-bond donors (Lipinski definition) is 2. The fraction of sp³-hybridized carbons (Fsp3) is 0.444. The van der Waals surface area contributed by atoms with Gasteiger partial charge in [-0.1, -0.05) is 31.0 Å². The molecule has 0 saturated heterocycles. The summed E-state index contributed by atoms with van der Waals surface area (Å²) >= 11 is 0. The van der Waals surface area contributed by atoms with Gasteiger partial charge in [-0.3, -0.25) is 0 Å². The van der Waals surface area contributed by atoms with E-state index in [1.807, 2.05) is 31.2 Å². The first kappa shape index (κ1) is 15.6. The first-order valence-corrected chi connectivity index (χ1v) is 8.22. The lowest BCUT2D eigenvalue weighted by atomic mass is 10.2. The Kier molecular flexibility index (Phi) is 4.95. The summed E-state index contributed by atoms with van der Waals surface area (Å²) in [5, 5.41) is 6.90. The van der Waals surface area contributed by atoms with Gasteiger partial charge in [0.05, 0.1) is 7.11 Å². The molecule has 1 aromatic heterocycles. The first-order valence-electron chi connectivity index (χ1n) is 8.22. The van der Waals surface area contributed by atoms with Crippen molar-refractivity contribution in [1.29, 1.82) is 0 Å². The van der Waals surface area contributed by atoms with E-state index in [0.29, 0.717) is 12.6 Å². The number of ether oxygens (including phenoxy) is 1. The van der Waals surface area contributed by atoms with E-state index < -0.39 is 0 Å². The quantitative estimate of drug-likeness (QED) is 0.850. The molecule has 0 unspecified atom stereocenters. The van der Waals surface area contributed by atoms with E-state index in [-0.39, 0.29) is 0 Å². The number of rotatable bonds is 6. The van der Waals surface area contributed by atoms with Crippen molar-refractivity contribution in [3.63, 3.8) is 0 Å². The summed E-state index contributed by atoms with van der Waals surface area (Å²) in [7, 11) is 1.69. The van der Waals surface area contributed by atoms with Crippen molar-refractivity contribution >= 4 is 11.6 Å². The lowest BCUT2D eigenvalue weighted by molar-refractivity contribution is 0.410. The molecule has 0 amide bonds. The van der Waals surface area contributed by atoms with Crippen molar-refractivity contribution in [1.82, 2.24) is 9.97 Å². The van der Waals surface area contributed by atoms with Gasteiger partial charge in [0.1, 0.15) is 23.2 Å². The Morgan fingerprint density at radius 3 is 2.65 bits per heavy atom. The van der Waals surface area contributed by atoms with Crippen LogP contribution in [0.5, 0.6) is 5.75 Å². The van der Waals surface area contributed by atoms with E-state index in [9.17, 15) is 0 Å². The second-order valence-corrected chi connectivity index (χ2v) is 5.98. The van der Waals surface area contributed by atoms with Crippen LogP contribution in [0, 0.1) is 6.92 Å². The van der Waals surface area contributed by atoms with Gasteiger partial charge < -0.3 is 15.4 Å². The monoisotopic (exact) mass is 312 g/mol. The normalized spacial score (nSPS) is 14.7. The van der Waals surface area contributed by atoms with Crippen LogP contribution in [-0.2, 0) is 6.54 Å². The zero-order chi connectivity index (χ0) is 16.1. The van der Waals surface area contributed by atoms with Crippen LogP contribution in [-0.4, -0.2) is 23.1 Å². The van der Waals surface area contributed by atoms with E-state index in [4.69, 9.17) is 4.74 Å². The molecule has 122 valence electrons. The van der Waals surface area contributed by atoms with Gasteiger partial charge in [0.25, 0.3) is 0 Å². The molecule has 0 spiro atoms. The maximum absolute atomic E-state index is 5.38. The second kappa shape index (κ2) is 7.31. The summed E-state index contributed by atoms with van der Waals surface area (Å²) in [5.41, 5.74) is 1.11. The van der Waals surface area contributed by atoms with Gasteiger partial charge >= 0.3 is 0 Å². The van der Waals surface area contributed by atoms with Crippen LogP contribution >= 0.6 is 0 Å². The summed E-state index contributed by atoms with van der Waals surface area (Å²) in [6.07, 6.45) is 5.07. The smallest absolute Gasteiger partial charge is 0.132 e. The molecule has 1 fully saturated rings. The Morgan fingerprint density at radius 1 is 1.13 bits per heavy atom. The average Bonchev–Trinajstić information content (AvgIpc) is 3.05. The van der Waals surface area contributed by atoms with Crippen LogP contribution in [0.15, 0.2) is 30.3 Å². The molecule has 0 aliphatic heterocycles. The van der Waals surface area contributed by atoms with Crippen LogP contribution in [0.4, 0.5) is 11.6 Å². The van der Waals surface area contributed by atoms with Crippen LogP contribution in [0.1, 0.15) is 37.1 Å². The number of hydrogen-bond acceptors (Lipinski definition) is 5. The Morgan fingerprint density at radius 2 is 1.87 bits per heavy atom. The SMILES string of the molecule is COc1ccccc1CNc1cc(NC2CCCC2)nc(C)n1. The van der Waals surface area contributed by atoms with E-state index >= 15 is 0 Å². The number of methoxy groups -OCH3 is 1. The van der Waals surface area contributed by atoms with Crippen molar-refractivity contribution in [3.05, 3.63) is 41.7 Å². The third-order valence-electron chi connectivity index (χ3n) is 4.20. The summed E-state index contributed by atoms with van der Waals surface area (Å²) in [4.78, 5) is 8.98. The molecule has 5 heteroatoms. The highest BCUT2D eigenvalue weighted by atomic mass is 16.5. The molecule has 0 bridgehead atoms. The third kappa shape index (κ3) is 4.12. The Bertz CT molecular complexity index is 653. The van der Waals surface area contributed by atoms with E-state index in [0.717, 1.165) is 28.8 Å². The van der Waals surface area contributed by atoms with Crippen LogP contribution < -0.4 is 15.4 Å². The largest absolute Gasteiger partial charge is 0.496 e. The number of aryl methyl sites for hydroxylation is 1.